The zero-order chi connectivity index (χ0) is 18.4. The Morgan fingerprint density at radius 1 is 1.15 bits per heavy atom. The van der Waals surface area contributed by atoms with Gasteiger partial charge in [0.25, 0.3) is 0 Å². The van der Waals surface area contributed by atoms with E-state index in [1.807, 2.05) is 36.4 Å². The number of rotatable bonds is 7. The lowest BCUT2D eigenvalue weighted by molar-refractivity contribution is 0.272. The monoisotopic (exact) mass is 427 g/mol. The Balaban J connectivity index is 0.00000261. The molecule has 1 heterocycles. The van der Waals surface area contributed by atoms with Gasteiger partial charge in [-0.1, -0.05) is 41.6 Å². The molecule has 2 nitrogen and oxygen atoms in total. The van der Waals surface area contributed by atoms with E-state index < -0.39 is 0 Å². The standard InChI is InChI=1S/C21H23ClFNOS.ClH/c22-16-5-9-18(10-6-16)26-19-11-12-24-21(14-19)20(2-1-13-25)15-3-7-17(23)8-4-15;/h3-11,20-21,24-25H,1-2,12-14H2;1H. The number of nitrogens with one attached hydrogen (secondary N) is 1. The first-order chi connectivity index (χ1) is 12.7. The molecule has 3 rings (SSSR count). The molecule has 0 saturated carbocycles. The van der Waals surface area contributed by atoms with Crippen molar-refractivity contribution in [3.63, 3.8) is 0 Å². The minimum absolute atomic E-state index is 0. The van der Waals surface area contributed by atoms with Crippen LogP contribution in [0.1, 0.15) is 30.7 Å². The summed E-state index contributed by atoms with van der Waals surface area (Å²) in [6.45, 7) is 0.990. The molecule has 0 bridgehead atoms. The Labute approximate surface area is 175 Å². The molecule has 2 aromatic carbocycles. The van der Waals surface area contributed by atoms with Gasteiger partial charge >= 0.3 is 0 Å². The second-order valence-corrected chi connectivity index (χ2v) is 8.11. The van der Waals surface area contributed by atoms with Gasteiger partial charge in [0.2, 0.25) is 0 Å². The molecule has 0 radical (unpaired) electrons. The topological polar surface area (TPSA) is 32.3 Å². The molecule has 1 aliphatic heterocycles. The van der Waals surface area contributed by atoms with Crippen molar-refractivity contribution >= 4 is 35.8 Å². The number of aliphatic hydroxyl groups excluding tert-OH is 1. The van der Waals surface area contributed by atoms with Crippen LogP contribution in [0.3, 0.4) is 0 Å². The Bertz CT molecular complexity index is 737. The smallest absolute Gasteiger partial charge is 0.123 e. The maximum atomic E-state index is 13.3. The van der Waals surface area contributed by atoms with Crippen LogP contribution in [0.5, 0.6) is 0 Å². The summed E-state index contributed by atoms with van der Waals surface area (Å²) in [7, 11) is 0. The second-order valence-electron chi connectivity index (χ2n) is 6.47. The van der Waals surface area contributed by atoms with E-state index in [-0.39, 0.29) is 36.8 Å². The highest BCUT2D eigenvalue weighted by Gasteiger charge is 2.26. The normalized spacial score (nSPS) is 17.7. The molecule has 0 saturated heterocycles. The number of hydrogen-bond donors (Lipinski definition) is 2. The van der Waals surface area contributed by atoms with E-state index >= 15 is 0 Å². The molecule has 0 fully saturated rings. The molecule has 2 N–H and O–H groups in total. The zero-order valence-corrected chi connectivity index (χ0v) is 17.3. The number of halogens is 3. The summed E-state index contributed by atoms with van der Waals surface area (Å²) in [4.78, 5) is 2.50. The van der Waals surface area contributed by atoms with E-state index in [1.165, 1.54) is 21.9 Å². The predicted molar refractivity (Wildman–Crippen MR) is 115 cm³/mol. The van der Waals surface area contributed by atoms with Crippen molar-refractivity contribution in [3.05, 3.63) is 75.9 Å². The lowest BCUT2D eigenvalue weighted by Crippen LogP contribution is -2.38. The Hall–Kier alpha value is -1.04. The van der Waals surface area contributed by atoms with Crippen LogP contribution in [-0.4, -0.2) is 24.3 Å². The highest BCUT2D eigenvalue weighted by atomic mass is 35.5. The largest absolute Gasteiger partial charge is 0.396 e. The lowest BCUT2D eigenvalue weighted by Gasteiger charge is -2.32. The van der Waals surface area contributed by atoms with E-state index in [4.69, 9.17) is 11.6 Å². The van der Waals surface area contributed by atoms with Gasteiger partial charge in [0, 0.05) is 29.1 Å². The maximum Gasteiger partial charge on any atom is 0.123 e. The van der Waals surface area contributed by atoms with Crippen molar-refractivity contribution in [2.24, 2.45) is 0 Å². The third-order valence-corrected chi connectivity index (χ3v) is 6.01. The van der Waals surface area contributed by atoms with Gasteiger partial charge in [-0.05, 0) is 72.0 Å². The first-order valence-electron chi connectivity index (χ1n) is 8.88. The van der Waals surface area contributed by atoms with Crippen molar-refractivity contribution in [2.45, 2.75) is 36.1 Å². The van der Waals surface area contributed by atoms with Crippen molar-refractivity contribution in [1.82, 2.24) is 5.32 Å². The Morgan fingerprint density at radius 3 is 2.52 bits per heavy atom. The first-order valence-corrected chi connectivity index (χ1v) is 10.1. The second kappa shape index (κ2) is 11.1. The molecule has 27 heavy (non-hydrogen) atoms. The molecule has 6 heteroatoms. The van der Waals surface area contributed by atoms with Crippen LogP contribution in [0.4, 0.5) is 4.39 Å². The van der Waals surface area contributed by atoms with Gasteiger partial charge < -0.3 is 10.4 Å². The van der Waals surface area contributed by atoms with Gasteiger partial charge in [0.1, 0.15) is 5.82 Å². The Kier molecular flexibility index (Phi) is 9.13. The number of thioether (sulfide) groups is 1. The van der Waals surface area contributed by atoms with Crippen LogP contribution in [0.15, 0.2) is 64.4 Å². The van der Waals surface area contributed by atoms with E-state index in [0.29, 0.717) is 0 Å². The van der Waals surface area contributed by atoms with E-state index in [2.05, 4.69) is 11.4 Å². The predicted octanol–water partition coefficient (Wildman–Crippen LogP) is 5.80. The fourth-order valence-electron chi connectivity index (χ4n) is 3.34. The SMILES string of the molecule is Cl.OCCCC(c1ccc(F)cc1)C1CC(Sc2ccc(Cl)cc2)=CCN1. The molecule has 2 atom stereocenters. The molecule has 2 aromatic rings. The first kappa shape index (κ1) is 22.3. The average Bonchev–Trinajstić information content (AvgIpc) is 2.66. The highest BCUT2D eigenvalue weighted by Crippen LogP contribution is 2.36. The van der Waals surface area contributed by atoms with Crippen LogP contribution >= 0.6 is 35.8 Å². The minimum atomic E-state index is -0.217. The van der Waals surface area contributed by atoms with E-state index in [9.17, 15) is 9.50 Å². The van der Waals surface area contributed by atoms with Gasteiger partial charge in [-0.15, -0.1) is 12.4 Å². The van der Waals surface area contributed by atoms with Crippen molar-refractivity contribution in [1.29, 1.82) is 0 Å². The van der Waals surface area contributed by atoms with Gasteiger partial charge in [-0.2, -0.15) is 0 Å². The zero-order valence-electron chi connectivity index (χ0n) is 14.9. The highest BCUT2D eigenvalue weighted by molar-refractivity contribution is 8.03. The van der Waals surface area contributed by atoms with Crippen LogP contribution in [0, 0.1) is 5.82 Å². The summed E-state index contributed by atoms with van der Waals surface area (Å²) in [5, 5.41) is 13.6. The van der Waals surface area contributed by atoms with Crippen LogP contribution < -0.4 is 5.32 Å². The summed E-state index contributed by atoms with van der Waals surface area (Å²) in [6.07, 6.45) is 4.76. The molecule has 2 unspecified atom stereocenters. The maximum absolute atomic E-state index is 13.3. The molecular weight excluding hydrogens is 404 g/mol. The van der Waals surface area contributed by atoms with Crippen LogP contribution in [-0.2, 0) is 0 Å². The number of benzene rings is 2. The fourth-order valence-corrected chi connectivity index (χ4v) is 4.47. The Morgan fingerprint density at radius 2 is 1.85 bits per heavy atom. The molecule has 0 amide bonds. The summed E-state index contributed by atoms with van der Waals surface area (Å²) in [5.74, 6) is 0.0300. The molecule has 0 aromatic heterocycles. The molecule has 0 spiro atoms. The van der Waals surface area contributed by atoms with E-state index in [0.717, 1.165) is 36.4 Å². The molecule has 1 aliphatic rings. The van der Waals surface area contributed by atoms with Gasteiger partial charge in [-0.25, -0.2) is 4.39 Å². The van der Waals surface area contributed by atoms with E-state index in [1.54, 1.807) is 11.8 Å². The van der Waals surface area contributed by atoms with Crippen molar-refractivity contribution in [3.8, 4) is 0 Å². The van der Waals surface area contributed by atoms with Gasteiger partial charge in [0.05, 0.1) is 0 Å². The number of hydrogen-bond acceptors (Lipinski definition) is 3. The van der Waals surface area contributed by atoms with Gasteiger partial charge in [-0.3, -0.25) is 0 Å². The van der Waals surface area contributed by atoms with Crippen LogP contribution in [0.25, 0.3) is 0 Å². The molecule has 146 valence electrons. The van der Waals surface area contributed by atoms with Gasteiger partial charge in [0.15, 0.2) is 0 Å². The summed E-state index contributed by atoms with van der Waals surface area (Å²) in [5.41, 5.74) is 1.12. The summed E-state index contributed by atoms with van der Waals surface area (Å²) in [6, 6.07) is 14.9. The summed E-state index contributed by atoms with van der Waals surface area (Å²) < 4.78 is 13.3. The van der Waals surface area contributed by atoms with Crippen LogP contribution in [0.2, 0.25) is 5.02 Å². The third-order valence-electron chi connectivity index (χ3n) is 4.65. The molecular formula is C21H24Cl2FNOS. The average molecular weight is 428 g/mol. The van der Waals surface area contributed by atoms with Crippen molar-refractivity contribution in [2.75, 3.05) is 13.2 Å². The minimum Gasteiger partial charge on any atom is -0.396 e. The quantitative estimate of drug-likeness (QED) is 0.585. The third kappa shape index (κ3) is 6.51. The fraction of sp³-hybridized carbons (Fsp3) is 0.333. The lowest BCUT2D eigenvalue weighted by atomic mass is 9.85. The molecule has 0 aliphatic carbocycles. The van der Waals surface area contributed by atoms with Crippen molar-refractivity contribution < 1.29 is 9.50 Å². The summed E-state index contributed by atoms with van der Waals surface area (Å²) >= 11 is 7.73. The number of aliphatic hydroxyl groups is 1.